The van der Waals surface area contributed by atoms with Crippen molar-refractivity contribution in [2.45, 2.75) is 18.2 Å². The highest BCUT2D eigenvalue weighted by Gasteiger charge is 2.13. The first-order valence-electron chi connectivity index (χ1n) is 4.89. The Bertz CT molecular complexity index is 384. The average Bonchev–Trinajstić information content (AvgIpc) is 2.22. The van der Waals surface area contributed by atoms with E-state index in [0.717, 1.165) is 0 Å². The van der Waals surface area contributed by atoms with E-state index in [1.165, 1.54) is 6.07 Å². The summed E-state index contributed by atoms with van der Waals surface area (Å²) in [5, 5.41) is 0. The molecule has 0 aliphatic rings. The number of hydrogen-bond acceptors (Lipinski definition) is 2. The standard InChI is InChI=1S/C11H13BrFNO2/c1-2-16-10-4-3-7(6-9(10)13)5-8(12)11(14)15/h3-4,6,8H,2,5H2,1H3,(H2,14,15). The van der Waals surface area contributed by atoms with Crippen molar-refractivity contribution >= 4 is 21.8 Å². The molecule has 0 heterocycles. The fraction of sp³-hybridized carbons (Fsp3) is 0.364. The molecule has 1 rings (SSSR count). The molecule has 0 aliphatic carbocycles. The largest absolute Gasteiger partial charge is 0.491 e. The second kappa shape index (κ2) is 5.84. The first-order chi connectivity index (χ1) is 7.54. The lowest BCUT2D eigenvalue weighted by molar-refractivity contribution is -0.117. The van der Waals surface area contributed by atoms with Crippen molar-refractivity contribution in [3.63, 3.8) is 0 Å². The van der Waals surface area contributed by atoms with Crippen LogP contribution in [-0.4, -0.2) is 17.3 Å². The van der Waals surface area contributed by atoms with Gasteiger partial charge in [-0.1, -0.05) is 22.0 Å². The molecule has 1 unspecified atom stereocenters. The average molecular weight is 290 g/mol. The molecule has 0 bridgehead atoms. The Kier molecular flexibility index (Phi) is 4.73. The number of alkyl halides is 1. The lowest BCUT2D eigenvalue weighted by Crippen LogP contribution is -2.25. The topological polar surface area (TPSA) is 52.3 Å². The molecule has 0 aliphatic heterocycles. The molecule has 0 radical (unpaired) electrons. The van der Waals surface area contributed by atoms with Crippen LogP contribution in [0.5, 0.6) is 5.75 Å². The van der Waals surface area contributed by atoms with E-state index in [0.29, 0.717) is 18.6 Å². The van der Waals surface area contributed by atoms with Crippen molar-refractivity contribution in [3.05, 3.63) is 29.6 Å². The van der Waals surface area contributed by atoms with E-state index < -0.39 is 16.6 Å². The zero-order chi connectivity index (χ0) is 12.1. The van der Waals surface area contributed by atoms with E-state index in [1.54, 1.807) is 19.1 Å². The van der Waals surface area contributed by atoms with Gasteiger partial charge in [0.2, 0.25) is 5.91 Å². The lowest BCUT2D eigenvalue weighted by atomic mass is 10.1. The molecular weight excluding hydrogens is 277 g/mol. The normalized spacial score (nSPS) is 12.2. The predicted molar refractivity (Wildman–Crippen MR) is 63.2 cm³/mol. The molecule has 1 aromatic carbocycles. The monoisotopic (exact) mass is 289 g/mol. The lowest BCUT2D eigenvalue weighted by Gasteiger charge is -2.08. The smallest absolute Gasteiger partial charge is 0.231 e. The predicted octanol–water partition coefficient (Wildman–Crippen LogP) is 2.02. The minimum Gasteiger partial charge on any atom is -0.491 e. The molecule has 88 valence electrons. The Morgan fingerprint density at radius 2 is 2.31 bits per heavy atom. The molecular formula is C11H13BrFNO2. The summed E-state index contributed by atoms with van der Waals surface area (Å²) in [4.78, 5) is 10.3. The molecule has 16 heavy (non-hydrogen) atoms. The number of carbonyl (C=O) groups excluding carboxylic acids is 1. The zero-order valence-electron chi connectivity index (χ0n) is 8.87. The van der Waals surface area contributed by atoms with Gasteiger partial charge >= 0.3 is 0 Å². The zero-order valence-corrected chi connectivity index (χ0v) is 10.5. The van der Waals surface area contributed by atoms with E-state index in [2.05, 4.69) is 15.9 Å². The Labute approximate surface area is 102 Å². The van der Waals surface area contributed by atoms with Gasteiger partial charge in [-0.3, -0.25) is 4.79 Å². The van der Waals surface area contributed by atoms with Crippen molar-refractivity contribution in [1.82, 2.24) is 0 Å². The summed E-state index contributed by atoms with van der Waals surface area (Å²) in [5.74, 6) is -0.672. The summed E-state index contributed by atoms with van der Waals surface area (Å²) in [6.45, 7) is 2.20. The van der Waals surface area contributed by atoms with E-state index in [4.69, 9.17) is 10.5 Å². The Hall–Kier alpha value is -1.10. The molecule has 1 atom stereocenters. The number of carbonyl (C=O) groups is 1. The van der Waals surface area contributed by atoms with Crippen molar-refractivity contribution in [2.24, 2.45) is 5.73 Å². The van der Waals surface area contributed by atoms with E-state index >= 15 is 0 Å². The van der Waals surface area contributed by atoms with Crippen LogP contribution in [0, 0.1) is 5.82 Å². The highest BCUT2D eigenvalue weighted by atomic mass is 79.9. The van der Waals surface area contributed by atoms with Crippen LogP contribution in [0.4, 0.5) is 4.39 Å². The van der Waals surface area contributed by atoms with E-state index in [-0.39, 0.29) is 5.75 Å². The van der Waals surface area contributed by atoms with Crippen LogP contribution in [-0.2, 0) is 11.2 Å². The summed E-state index contributed by atoms with van der Waals surface area (Å²) >= 11 is 3.12. The molecule has 3 nitrogen and oxygen atoms in total. The third kappa shape index (κ3) is 3.48. The van der Waals surface area contributed by atoms with Gasteiger partial charge in [0.1, 0.15) is 0 Å². The van der Waals surface area contributed by atoms with Gasteiger partial charge in [-0.2, -0.15) is 0 Å². The number of primary amides is 1. The van der Waals surface area contributed by atoms with Gasteiger partial charge in [0.25, 0.3) is 0 Å². The maximum Gasteiger partial charge on any atom is 0.231 e. The summed E-state index contributed by atoms with van der Waals surface area (Å²) in [6, 6.07) is 4.61. The minimum atomic E-state index is -0.482. The molecule has 0 saturated carbocycles. The van der Waals surface area contributed by atoms with Gasteiger partial charge in [0.05, 0.1) is 11.4 Å². The molecule has 2 N–H and O–H groups in total. The molecule has 0 fully saturated rings. The third-order valence-electron chi connectivity index (χ3n) is 2.02. The fourth-order valence-corrected chi connectivity index (χ4v) is 1.63. The van der Waals surface area contributed by atoms with Crippen molar-refractivity contribution in [3.8, 4) is 5.75 Å². The van der Waals surface area contributed by atoms with Crippen molar-refractivity contribution < 1.29 is 13.9 Å². The Balaban J connectivity index is 2.77. The van der Waals surface area contributed by atoms with Gasteiger partial charge in [0, 0.05) is 0 Å². The minimum absolute atomic E-state index is 0.219. The Morgan fingerprint density at radius 3 is 2.81 bits per heavy atom. The van der Waals surface area contributed by atoms with Crippen molar-refractivity contribution in [1.29, 1.82) is 0 Å². The molecule has 0 spiro atoms. The third-order valence-corrected chi connectivity index (χ3v) is 2.79. The van der Waals surface area contributed by atoms with Gasteiger partial charge in [-0.25, -0.2) is 4.39 Å². The van der Waals surface area contributed by atoms with Gasteiger partial charge < -0.3 is 10.5 Å². The molecule has 0 aromatic heterocycles. The van der Waals surface area contributed by atoms with Gasteiger partial charge in [-0.15, -0.1) is 0 Å². The van der Waals surface area contributed by atoms with Crippen LogP contribution >= 0.6 is 15.9 Å². The number of halogens is 2. The quantitative estimate of drug-likeness (QED) is 0.843. The van der Waals surface area contributed by atoms with Crippen LogP contribution in [0.15, 0.2) is 18.2 Å². The molecule has 1 amide bonds. The molecule has 5 heteroatoms. The van der Waals surface area contributed by atoms with Gasteiger partial charge in [-0.05, 0) is 31.0 Å². The van der Waals surface area contributed by atoms with Crippen LogP contribution in [0.1, 0.15) is 12.5 Å². The molecule has 0 saturated heterocycles. The number of rotatable bonds is 5. The number of amides is 1. The number of nitrogens with two attached hydrogens (primary N) is 1. The number of hydrogen-bond donors (Lipinski definition) is 1. The summed E-state index contributed by atoms with van der Waals surface area (Å²) in [6.07, 6.45) is 0.360. The SMILES string of the molecule is CCOc1ccc(CC(Br)C(N)=O)cc1F. The van der Waals surface area contributed by atoms with Crippen LogP contribution in [0.3, 0.4) is 0 Å². The Morgan fingerprint density at radius 1 is 1.62 bits per heavy atom. The highest BCUT2D eigenvalue weighted by molar-refractivity contribution is 9.10. The maximum absolute atomic E-state index is 13.4. The first-order valence-corrected chi connectivity index (χ1v) is 5.80. The highest BCUT2D eigenvalue weighted by Crippen LogP contribution is 2.20. The molecule has 1 aromatic rings. The van der Waals surface area contributed by atoms with Crippen LogP contribution in [0.25, 0.3) is 0 Å². The fourth-order valence-electron chi connectivity index (χ4n) is 1.25. The summed E-state index contributed by atoms with van der Waals surface area (Å²) in [7, 11) is 0. The van der Waals surface area contributed by atoms with Crippen LogP contribution < -0.4 is 10.5 Å². The summed E-state index contributed by atoms with van der Waals surface area (Å²) < 4.78 is 18.5. The van der Waals surface area contributed by atoms with Crippen molar-refractivity contribution in [2.75, 3.05) is 6.61 Å². The second-order valence-corrected chi connectivity index (χ2v) is 4.38. The number of benzene rings is 1. The van der Waals surface area contributed by atoms with E-state index in [9.17, 15) is 9.18 Å². The first kappa shape index (κ1) is 13.0. The second-order valence-electron chi connectivity index (χ2n) is 3.27. The maximum atomic E-state index is 13.4. The number of ether oxygens (including phenoxy) is 1. The van der Waals surface area contributed by atoms with Crippen LogP contribution in [0.2, 0.25) is 0 Å². The van der Waals surface area contributed by atoms with E-state index in [1.807, 2.05) is 0 Å². The summed E-state index contributed by atoms with van der Waals surface area (Å²) in [5.41, 5.74) is 5.79. The van der Waals surface area contributed by atoms with Gasteiger partial charge in [0.15, 0.2) is 11.6 Å².